The molecule has 1 aromatic rings. The van der Waals surface area contributed by atoms with Gasteiger partial charge >= 0.3 is 5.97 Å². The third kappa shape index (κ3) is 5.01. The van der Waals surface area contributed by atoms with Gasteiger partial charge in [0.1, 0.15) is 6.04 Å². The Labute approximate surface area is 245 Å². The Kier molecular flexibility index (Phi) is 8.69. The van der Waals surface area contributed by atoms with Crippen LogP contribution < -0.4 is 4.90 Å². The molecule has 4 aliphatic rings. The number of hydrogen-bond acceptors (Lipinski definition) is 6. The second kappa shape index (κ2) is 11.9. The van der Waals surface area contributed by atoms with E-state index in [9.17, 15) is 19.5 Å². The number of para-hydroxylation sites is 1. The Hall–Kier alpha value is -2.29. The second-order valence-corrected chi connectivity index (χ2v) is 13.7. The summed E-state index contributed by atoms with van der Waals surface area (Å²) in [5.74, 6) is -2.11. The number of halogens is 1. The van der Waals surface area contributed by atoms with E-state index < -0.39 is 27.4 Å². The molecule has 216 valence electrons. The average molecular weight is 587 g/mol. The number of esters is 1. The predicted molar refractivity (Wildman–Crippen MR) is 158 cm³/mol. The number of rotatable bonds is 7. The summed E-state index contributed by atoms with van der Waals surface area (Å²) in [4.78, 5) is 46.1. The quantitative estimate of drug-likeness (QED) is 0.273. The number of cyclic esters (lactones) is 1. The maximum atomic E-state index is 14.7. The molecule has 1 N–H and O–H groups in total. The van der Waals surface area contributed by atoms with Crippen LogP contribution in [0.3, 0.4) is 0 Å². The summed E-state index contributed by atoms with van der Waals surface area (Å²) in [5, 5.41) is 9.67. The van der Waals surface area contributed by atoms with Crippen LogP contribution in [0.4, 0.5) is 5.69 Å². The Morgan fingerprint density at radius 2 is 1.85 bits per heavy atom. The lowest BCUT2D eigenvalue weighted by Gasteiger charge is -2.37. The molecule has 9 heteroatoms. The molecule has 1 aromatic carbocycles. The van der Waals surface area contributed by atoms with E-state index in [1.165, 1.54) is 0 Å². The molecule has 0 aromatic heterocycles. The largest absolute Gasteiger partial charge is 0.465 e. The number of benzene rings is 1. The number of fused-ring (bicyclic) bond motifs is 2. The molecule has 5 atom stereocenters. The third-order valence-electron chi connectivity index (χ3n) is 8.77. The van der Waals surface area contributed by atoms with E-state index in [0.29, 0.717) is 43.2 Å². The van der Waals surface area contributed by atoms with Gasteiger partial charge in [-0.05, 0) is 57.6 Å². The molecule has 40 heavy (non-hydrogen) atoms. The third-order valence-corrected chi connectivity index (χ3v) is 10.9. The highest BCUT2D eigenvalue weighted by Gasteiger charge is 2.73. The van der Waals surface area contributed by atoms with Crippen LogP contribution in [-0.2, 0) is 19.1 Å². The number of allylic oxidation sites excluding steroid dienone is 1. The van der Waals surface area contributed by atoms with Crippen molar-refractivity contribution in [2.75, 3.05) is 31.2 Å². The highest BCUT2D eigenvalue weighted by Crippen LogP contribution is 2.65. The molecule has 0 aliphatic carbocycles. The summed E-state index contributed by atoms with van der Waals surface area (Å²) < 4.78 is 4.14. The van der Waals surface area contributed by atoms with Gasteiger partial charge in [0, 0.05) is 24.4 Å². The maximum Gasteiger partial charge on any atom is 0.311 e. The van der Waals surface area contributed by atoms with Crippen molar-refractivity contribution in [1.82, 2.24) is 4.90 Å². The molecular weight excluding hydrogens is 548 g/mol. The normalized spacial score (nSPS) is 32.8. The van der Waals surface area contributed by atoms with Crippen LogP contribution in [-0.4, -0.2) is 69.6 Å². The lowest BCUT2D eigenvalue weighted by molar-refractivity contribution is -0.154. The van der Waals surface area contributed by atoms with Crippen molar-refractivity contribution in [3.63, 3.8) is 0 Å². The number of anilines is 1. The Morgan fingerprint density at radius 1 is 1.05 bits per heavy atom. The van der Waals surface area contributed by atoms with Gasteiger partial charge in [0.15, 0.2) is 0 Å². The minimum Gasteiger partial charge on any atom is -0.465 e. The number of ether oxygens (including phenoxy) is 1. The summed E-state index contributed by atoms with van der Waals surface area (Å²) in [7, 11) is 0. The van der Waals surface area contributed by atoms with Gasteiger partial charge in [0.05, 0.1) is 33.9 Å². The van der Waals surface area contributed by atoms with Crippen LogP contribution in [0.15, 0.2) is 42.5 Å². The molecule has 7 nitrogen and oxygen atoms in total. The molecule has 4 aliphatic heterocycles. The summed E-state index contributed by atoms with van der Waals surface area (Å²) in [6, 6.07) is 4.79. The Balaban J connectivity index is 1.59. The number of amides is 2. The SMILES string of the molecule is Cc1cccc(Cl)c1N1CC=C[C@]23S[C@]4(C)/C=C\CCCCOC(=O)[C@@H]4[C@H]2C(=O)N(CCCCCCO)C3C1=O. The van der Waals surface area contributed by atoms with E-state index in [0.717, 1.165) is 37.7 Å². The molecule has 2 saturated heterocycles. The van der Waals surface area contributed by atoms with Crippen LogP contribution in [0.1, 0.15) is 57.4 Å². The number of aliphatic hydroxyl groups excluding tert-OH is 1. The van der Waals surface area contributed by atoms with Gasteiger partial charge in [-0.1, -0.05) is 60.9 Å². The number of hydrogen-bond donors (Lipinski definition) is 1. The van der Waals surface area contributed by atoms with Crippen molar-refractivity contribution >= 4 is 46.8 Å². The van der Waals surface area contributed by atoms with Crippen molar-refractivity contribution in [3.8, 4) is 0 Å². The van der Waals surface area contributed by atoms with Gasteiger partial charge in [0.2, 0.25) is 5.91 Å². The first-order chi connectivity index (χ1) is 19.2. The molecular formula is C31H39ClN2O5S. The average Bonchev–Trinajstić information content (AvgIpc) is 3.24. The summed E-state index contributed by atoms with van der Waals surface area (Å²) in [5.41, 5.74) is 1.54. The zero-order valence-corrected chi connectivity index (χ0v) is 24.9. The predicted octanol–water partition coefficient (Wildman–Crippen LogP) is 5.07. The number of aryl methyl sites for hydroxylation is 1. The fraction of sp³-hybridized carbons (Fsp3) is 0.581. The number of carbonyl (C=O) groups excluding carboxylic acids is 3. The van der Waals surface area contributed by atoms with Crippen LogP contribution in [0.25, 0.3) is 0 Å². The first kappa shape index (κ1) is 29.2. The van der Waals surface area contributed by atoms with Gasteiger partial charge in [-0.15, -0.1) is 11.8 Å². The van der Waals surface area contributed by atoms with Crippen LogP contribution in [0.2, 0.25) is 5.02 Å². The van der Waals surface area contributed by atoms with Gasteiger partial charge in [0.25, 0.3) is 5.91 Å². The fourth-order valence-electron chi connectivity index (χ4n) is 6.95. The molecule has 0 saturated carbocycles. The smallest absolute Gasteiger partial charge is 0.311 e. The minimum absolute atomic E-state index is 0.137. The first-order valence-corrected chi connectivity index (χ1v) is 15.6. The van der Waals surface area contributed by atoms with E-state index in [-0.39, 0.29) is 24.4 Å². The Bertz CT molecular complexity index is 1200. The number of likely N-dealkylation sites (tertiary alicyclic amines) is 1. The van der Waals surface area contributed by atoms with Gasteiger partial charge < -0.3 is 19.6 Å². The van der Waals surface area contributed by atoms with Gasteiger partial charge in [-0.25, -0.2) is 0 Å². The maximum absolute atomic E-state index is 14.7. The number of aliphatic hydroxyl groups is 1. The molecule has 0 bridgehead atoms. The molecule has 5 rings (SSSR count). The van der Waals surface area contributed by atoms with Gasteiger partial charge in [-0.2, -0.15) is 0 Å². The molecule has 2 amide bonds. The van der Waals surface area contributed by atoms with E-state index in [2.05, 4.69) is 12.2 Å². The summed E-state index contributed by atoms with van der Waals surface area (Å²) in [6.45, 7) is 5.16. The molecule has 0 radical (unpaired) electrons. The van der Waals surface area contributed by atoms with E-state index in [1.54, 1.807) is 27.6 Å². The first-order valence-electron chi connectivity index (χ1n) is 14.5. The molecule has 1 spiro atoms. The number of nitrogens with zero attached hydrogens (tertiary/aromatic N) is 2. The summed E-state index contributed by atoms with van der Waals surface area (Å²) in [6.07, 6.45) is 13.9. The van der Waals surface area contributed by atoms with Gasteiger partial charge in [-0.3, -0.25) is 14.4 Å². The number of thioether (sulfide) groups is 1. The molecule has 1 unspecified atom stereocenters. The van der Waals surface area contributed by atoms with Crippen LogP contribution >= 0.6 is 23.4 Å². The summed E-state index contributed by atoms with van der Waals surface area (Å²) >= 11 is 8.21. The van der Waals surface area contributed by atoms with Crippen LogP contribution in [0, 0.1) is 18.8 Å². The van der Waals surface area contributed by atoms with E-state index in [1.807, 2.05) is 38.1 Å². The highest BCUT2D eigenvalue weighted by atomic mass is 35.5. The minimum atomic E-state index is -0.917. The lowest BCUT2D eigenvalue weighted by atomic mass is 9.74. The second-order valence-electron chi connectivity index (χ2n) is 11.5. The topological polar surface area (TPSA) is 87.2 Å². The van der Waals surface area contributed by atoms with Crippen molar-refractivity contribution in [1.29, 1.82) is 0 Å². The zero-order valence-electron chi connectivity index (χ0n) is 23.3. The molecule has 4 heterocycles. The van der Waals surface area contributed by atoms with Crippen LogP contribution in [0.5, 0.6) is 0 Å². The van der Waals surface area contributed by atoms with E-state index >= 15 is 0 Å². The van der Waals surface area contributed by atoms with E-state index in [4.69, 9.17) is 16.3 Å². The number of carbonyl (C=O) groups is 3. The standard InChI is InChI=1S/C31H39ClN2O5S/c1-21-13-11-14-22(32)25(21)33-18-12-16-31-23(24-29(38)39-20-10-6-3-7-15-30(24,2)40-31)27(36)34(26(31)28(33)37)17-8-4-5-9-19-35/h7,11-16,23-24,26,35H,3-6,8-10,17-20H2,1-2H3/b15-7-/t23-,24-,26?,30+,31-/m0/s1. The van der Waals surface area contributed by atoms with Crippen molar-refractivity contribution in [3.05, 3.63) is 53.1 Å². The molecule has 2 fully saturated rings. The monoisotopic (exact) mass is 586 g/mol. The van der Waals surface area contributed by atoms with Crippen molar-refractivity contribution in [2.24, 2.45) is 11.8 Å². The van der Waals surface area contributed by atoms with Crippen molar-refractivity contribution in [2.45, 2.75) is 74.3 Å². The number of unbranched alkanes of at least 4 members (excludes halogenated alkanes) is 3. The van der Waals surface area contributed by atoms with Crippen molar-refractivity contribution < 1.29 is 24.2 Å². The highest BCUT2D eigenvalue weighted by molar-refractivity contribution is 8.02. The zero-order chi connectivity index (χ0) is 28.5. The lowest BCUT2D eigenvalue weighted by Crippen LogP contribution is -2.53. The fourth-order valence-corrected chi connectivity index (χ4v) is 9.43. The Morgan fingerprint density at radius 3 is 2.62 bits per heavy atom.